The topological polar surface area (TPSA) is 36.9 Å². The van der Waals surface area contributed by atoms with Crippen LogP contribution in [-0.2, 0) is 10.8 Å². The fourth-order valence-corrected chi connectivity index (χ4v) is 5.18. The summed E-state index contributed by atoms with van der Waals surface area (Å²) in [7, 11) is 0. The summed E-state index contributed by atoms with van der Waals surface area (Å²) in [5.74, 6) is -8.66. The van der Waals surface area contributed by atoms with Crippen LogP contribution in [0.1, 0.15) is 51.0 Å². The highest BCUT2D eigenvalue weighted by Crippen LogP contribution is 2.44. The van der Waals surface area contributed by atoms with Crippen molar-refractivity contribution in [2.24, 2.45) is 17.8 Å². The van der Waals surface area contributed by atoms with Crippen LogP contribution in [0.25, 0.3) is 0 Å². The van der Waals surface area contributed by atoms with Crippen LogP contribution in [0, 0.1) is 35.2 Å². The van der Waals surface area contributed by atoms with Gasteiger partial charge in [-0.2, -0.15) is 26.3 Å². The Labute approximate surface area is 230 Å². The fraction of sp³-hybridized carbons (Fsp3) is 0.500. The van der Waals surface area contributed by atoms with E-state index in [4.69, 9.17) is 4.74 Å². The molecule has 1 heterocycles. The summed E-state index contributed by atoms with van der Waals surface area (Å²) < 4.78 is 146. The number of ether oxygens (including phenoxy) is 4. The monoisotopic (exact) mass is 598 g/mol. The van der Waals surface area contributed by atoms with Gasteiger partial charge in [0.1, 0.15) is 28.7 Å². The van der Waals surface area contributed by atoms with E-state index < -0.39 is 64.5 Å². The molecule has 13 heteroatoms. The fourth-order valence-electron chi connectivity index (χ4n) is 5.18. The molecule has 0 aromatic heterocycles. The molecule has 0 N–H and O–H groups in total. The molecule has 1 saturated heterocycles. The Hall–Kier alpha value is -3.09. The zero-order chi connectivity index (χ0) is 29.9. The molecule has 2 aliphatic rings. The average molecular weight is 599 g/mol. The predicted octanol–water partition coefficient (Wildman–Crippen LogP) is 8.94. The van der Waals surface area contributed by atoms with Crippen LogP contribution in [0.4, 0.5) is 39.5 Å². The van der Waals surface area contributed by atoms with Crippen molar-refractivity contribution in [3.8, 4) is 17.2 Å². The van der Waals surface area contributed by atoms with Crippen LogP contribution in [0.2, 0.25) is 0 Å². The molecule has 2 fully saturated rings. The van der Waals surface area contributed by atoms with Gasteiger partial charge in [-0.1, -0.05) is 6.92 Å². The van der Waals surface area contributed by atoms with E-state index in [1.165, 1.54) is 0 Å². The number of halogens is 9. The van der Waals surface area contributed by atoms with Crippen LogP contribution in [0.15, 0.2) is 42.7 Å². The predicted molar refractivity (Wildman–Crippen MR) is 127 cm³/mol. The van der Waals surface area contributed by atoms with Gasteiger partial charge in [-0.05, 0) is 62.5 Å². The normalized spacial score (nSPS) is 23.6. The molecule has 2 aromatic carbocycles. The number of hydrogen-bond acceptors (Lipinski definition) is 4. The minimum absolute atomic E-state index is 0.00664. The molecule has 2 unspecified atom stereocenters. The summed E-state index contributed by atoms with van der Waals surface area (Å²) in [6.45, 7) is 2.70. The largest absolute Gasteiger partial charge is 0.456 e. The van der Waals surface area contributed by atoms with Crippen LogP contribution >= 0.6 is 0 Å². The number of rotatable bonds is 9. The lowest BCUT2D eigenvalue weighted by Gasteiger charge is -2.38. The molecule has 4 nitrogen and oxygen atoms in total. The van der Waals surface area contributed by atoms with Crippen LogP contribution in [0.3, 0.4) is 0 Å². The van der Waals surface area contributed by atoms with Crippen LogP contribution in [0.5, 0.6) is 17.2 Å². The molecule has 2 atom stereocenters. The maximum atomic E-state index is 14.9. The molecule has 0 radical (unpaired) electrons. The van der Waals surface area contributed by atoms with Gasteiger partial charge in [0, 0.05) is 24.8 Å². The van der Waals surface area contributed by atoms with E-state index in [2.05, 4.69) is 21.1 Å². The quantitative estimate of drug-likeness (QED) is 0.213. The third-order valence-electron chi connectivity index (χ3n) is 7.30. The highest BCUT2D eigenvalue weighted by molar-refractivity contribution is 5.36. The Kier molecular flexibility index (Phi) is 9.35. The second kappa shape index (κ2) is 12.4. The Balaban J connectivity index is 1.41. The first-order valence-corrected chi connectivity index (χ1v) is 13.0. The highest BCUT2D eigenvalue weighted by Gasteiger charge is 2.46. The smallest absolute Gasteiger partial charge is 0.432 e. The van der Waals surface area contributed by atoms with Gasteiger partial charge < -0.3 is 18.9 Å². The lowest BCUT2D eigenvalue weighted by molar-refractivity contribution is -0.225. The van der Waals surface area contributed by atoms with Crippen molar-refractivity contribution in [2.75, 3.05) is 6.61 Å². The second-order valence-electron chi connectivity index (χ2n) is 10.3. The number of benzene rings is 2. The third-order valence-corrected chi connectivity index (χ3v) is 7.30. The third kappa shape index (κ3) is 7.60. The lowest BCUT2D eigenvalue weighted by atomic mass is 9.77. The highest BCUT2D eigenvalue weighted by atomic mass is 19.3. The van der Waals surface area contributed by atoms with E-state index in [-0.39, 0.29) is 43.3 Å². The van der Waals surface area contributed by atoms with Gasteiger partial charge in [-0.25, -0.2) is 13.2 Å². The maximum Gasteiger partial charge on any atom is 0.432 e. The molecule has 0 amide bonds. The lowest BCUT2D eigenvalue weighted by Crippen LogP contribution is -2.40. The van der Waals surface area contributed by atoms with Gasteiger partial charge in [0.25, 0.3) is 0 Å². The first-order valence-electron chi connectivity index (χ1n) is 13.0. The molecule has 1 aliphatic carbocycles. The Bertz CT molecular complexity index is 1210. The van der Waals surface area contributed by atoms with Gasteiger partial charge >= 0.3 is 18.3 Å². The van der Waals surface area contributed by atoms with Crippen molar-refractivity contribution in [1.82, 2.24) is 0 Å². The Morgan fingerprint density at radius 1 is 0.829 bits per heavy atom. The van der Waals surface area contributed by atoms with Crippen molar-refractivity contribution in [2.45, 2.75) is 63.8 Å². The maximum absolute atomic E-state index is 14.9. The molecular formula is C28H27F9O4. The number of alkyl halides is 4. The van der Waals surface area contributed by atoms with Gasteiger partial charge in [-0.3, -0.25) is 0 Å². The van der Waals surface area contributed by atoms with E-state index in [0.717, 1.165) is 12.8 Å². The molecule has 226 valence electrons. The van der Waals surface area contributed by atoms with Gasteiger partial charge in [0.2, 0.25) is 0 Å². The standard InChI is InChI=1S/C28H27F9O4/c1-15-2-8-23(38-13-15)16-3-5-17(6-4-16)27(34,35)41-19-11-21(30)26(22(31)12-19)28(36,37)40-18-7-9-24(20(29)10-18)39-14-25(32)33/h7,9-12,14-17,23H,2-6,8,13H2,1H3. The van der Waals surface area contributed by atoms with Gasteiger partial charge in [0.05, 0.1) is 12.0 Å². The summed E-state index contributed by atoms with van der Waals surface area (Å²) in [6, 6.07) is 2.03. The van der Waals surface area contributed by atoms with Crippen LogP contribution in [-0.4, -0.2) is 18.8 Å². The van der Waals surface area contributed by atoms with Crippen molar-refractivity contribution in [3.63, 3.8) is 0 Å². The van der Waals surface area contributed by atoms with Gasteiger partial charge in [-0.15, -0.1) is 0 Å². The first kappa shape index (κ1) is 30.9. The Morgan fingerprint density at radius 2 is 1.46 bits per heavy atom. The van der Waals surface area contributed by atoms with Crippen molar-refractivity contribution >= 4 is 0 Å². The summed E-state index contributed by atoms with van der Waals surface area (Å²) in [5.41, 5.74) is -1.93. The van der Waals surface area contributed by atoms with E-state index in [1.54, 1.807) is 0 Å². The molecular weight excluding hydrogens is 571 g/mol. The summed E-state index contributed by atoms with van der Waals surface area (Å²) in [4.78, 5) is 0. The second-order valence-corrected chi connectivity index (χ2v) is 10.3. The van der Waals surface area contributed by atoms with Crippen molar-refractivity contribution in [3.05, 3.63) is 65.7 Å². The molecule has 0 bridgehead atoms. The summed E-state index contributed by atoms with van der Waals surface area (Å²) in [6.07, 6.45) is -7.98. The molecule has 41 heavy (non-hydrogen) atoms. The summed E-state index contributed by atoms with van der Waals surface area (Å²) in [5, 5.41) is 0. The van der Waals surface area contributed by atoms with Crippen molar-refractivity contribution in [1.29, 1.82) is 0 Å². The van der Waals surface area contributed by atoms with E-state index in [9.17, 15) is 39.5 Å². The molecule has 2 aromatic rings. The molecule has 1 saturated carbocycles. The Morgan fingerprint density at radius 3 is 2.02 bits per heavy atom. The molecule has 1 aliphatic heterocycles. The molecule has 0 spiro atoms. The van der Waals surface area contributed by atoms with Gasteiger partial charge in [0.15, 0.2) is 17.8 Å². The average Bonchev–Trinajstić information content (AvgIpc) is 2.87. The summed E-state index contributed by atoms with van der Waals surface area (Å²) >= 11 is 0. The first-order chi connectivity index (χ1) is 19.2. The number of hydrogen-bond donors (Lipinski definition) is 0. The zero-order valence-electron chi connectivity index (χ0n) is 21.8. The minimum Gasteiger partial charge on any atom is -0.456 e. The van der Waals surface area contributed by atoms with Crippen LogP contribution < -0.4 is 14.2 Å². The zero-order valence-corrected chi connectivity index (χ0v) is 21.8. The SMILES string of the molecule is CC1CCC(C2CCC(C(F)(F)Oc3cc(F)c(C(F)(F)Oc4ccc(OC=C(F)F)c(F)c4)c(F)c3)CC2)OC1. The molecule has 4 rings (SSSR count). The minimum atomic E-state index is -4.73. The van der Waals surface area contributed by atoms with E-state index >= 15 is 0 Å². The van der Waals surface area contributed by atoms with E-state index in [1.807, 2.05) is 0 Å². The van der Waals surface area contributed by atoms with E-state index in [0.29, 0.717) is 43.6 Å². The van der Waals surface area contributed by atoms with Crippen molar-refractivity contribution < 1.29 is 58.5 Å².